The Bertz CT molecular complexity index is 582. The summed E-state index contributed by atoms with van der Waals surface area (Å²) in [6, 6.07) is 10.3. The summed E-state index contributed by atoms with van der Waals surface area (Å²) in [4.78, 5) is 4.00. The Hall–Kier alpha value is -2.60. The fraction of sp³-hybridized carbons (Fsp3) is 0.0769. The Morgan fingerprint density at radius 3 is 2.74 bits per heavy atom. The van der Waals surface area contributed by atoms with Crippen molar-refractivity contribution in [1.82, 2.24) is 4.98 Å². The third-order valence-electron chi connectivity index (χ3n) is 2.42. The average Bonchev–Trinajstić information content (AvgIpc) is 2.47. The average molecular weight is 259 g/mol. The molecule has 98 valence electrons. The van der Waals surface area contributed by atoms with E-state index in [0.717, 1.165) is 5.56 Å². The Morgan fingerprint density at radius 1 is 1.26 bits per heavy atom. The van der Waals surface area contributed by atoms with E-state index < -0.39 is 0 Å². The van der Waals surface area contributed by atoms with Crippen molar-refractivity contribution in [3.63, 3.8) is 0 Å². The molecule has 2 aromatic rings. The minimum atomic E-state index is -0.0613. The highest BCUT2D eigenvalue weighted by Crippen LogP contribution is 2.21. The lowest BCUT2D eigenvalue weighted by molar-refractivity contribution is 0.281. The number of aliphatic hydroxyl groups excluding tert-OH is 1. The van der Waals surface area contributed by atoms with Gasteiger partial charge in [0.2, 0.25) is 0 Å². The number of hydrogen-bond acceptors (Lipinski definition) is 5. The van der Waals surface area contributed by atoms with Crippen molar-refractivity contribution in [2.45, 2.75) is 6.61 Å². The SMILES string of the molecule is N/C(=N/O)c1ccc(Oc2cccc(CO)c2)cn1. The molecule has 1 aromatic heterocycles. The molecule has 0 fully saturated rings. The number of oxime groups is 1. The molecule has 6 heteroatoms. The zero-order valence-corrected chi connectivity index (χ0v) is 10.0. The summed E-state index contributed by atoms with van der Waals surface area (Å²) >= 11 is 0. The van der Waals surface area contributed by atoms with Gasteiger partial charge in [0.15, 0.2) is 5.84 Å². The molecule has 0 aliphatic heterocycles. The first kappa shape index (κ1) is 12.8. The van der Waals surface area contributed by atoms with Gasteiger partial charge in [0.05, 0.1) is 12.8 Å². The summed E-state index contributed by atoms with van der Waals surface area (Å²) in [6.45, 7) is -0.0438. The molecule has 0 atom stereocenters. The van der Waals surface area contributed by atoms with Gasteiger partial charge in [-0.25, -0.2) is 4.98 Å². The minimum absolute atomic E-state index is 0.0438. The first-order chi connectivity index (χ1) is 9.22. The quantitative estimate of drug-likeness (QED) is 0.334. The summed E-state index contributed by atoms with van der Waals surface area (Å²) < 4.78 is 5.57. The van der Waals surface area contributed by atoms with Gasteiger partial charge in [-0.2, -0.15) is 0 Å². The van der Waals surface area contributed by atoms with Gasteiger partial charge in [-0.3, -0.25) is 0 Å². The maximum atomic E-state index is 9.03. The molecule has 0 bridgehead atoms. The number of hydrogen-bond donors (Lipinski definition) is 3. The van der Waals surface area contributed by atoms with E-state index in [0.29, 0.717) is 17.2 Å². The molecule has 2 rings (SSSR count). The highest BCUT2D eigenvalue weighted by Gasteiger charge is 2.03. The van der Waals surface area contributed by atoms with Crippen molar-refractivity contribution in [2.75, 3.05) is 0 Å². The van der Waals surface area contributed by atoms with Crippen LogP contribution in [0.2, 0.25) is 0 Å². The largest absolute Gasteiger partial charge is 0.456 e. The highest BCUT2D eigenvalue weighted by molar-refractivity contribution is 5.95. The number of ether oxygens (including phenoxy) is 1. The van der Waals surface area contributed by atoms with Crippen LogP contribution in [-0.4, -0.2) is 21.1 Å². The predicted molar refractivity (Wildman–Crippen MR) is 69.2 cm³/mol. The first-order valence-electron chi connectivity index (χ1n) is 5.54. The molecular formula is C13H13N3O3. The van der Waals surface area contributed by atoms with E-state index in [9.17, 15) is 0 Å². The van der Waals surface area contributed by atoms with Gasteiger partial charge >= 0.3 is 0 Å². The molecule has 0 aliphatic rings. The minimum Gasteiger partial charge on any atom is -0.456 e. The Balaban J connectivity index is 2.15. The zero-order valence-electron chi connectivity index (χ0n) is 10.0. The molecule has 0 unspecified atom stereocenters. The van der Waals surface area contributed by atoms with Crippen LogP contribution >= 0.6 is 0 Å². The van der Waals surface area contributed by atoms with Crippen LogP contribution in [0, 0.1) is 0 Å². The standard InChI is InChI=1S/C13H13N3O3/c14-13(16-18)12-5-4-11(7-15-12)19-10-3-1-2-9(6-10)8-17/h1-7,17-18H,8H2,(H2,14,16). The topological polar surface area (TPSA) is 101 Å². The maximum absolute atomic E-state index is 9.03. The Morgan fingerprint density at radius 2 is 2.11 bits per heavy atom. The lowest BCUT2D eigenvalue weighted by Crippen LogP contribution is -2.14. The van der Waals surface area contributed by atoms with Crippen molar-refractivity contribution >= 4 is 5.84 Å². The Labute approximate surface area is 109 Å². The number of amidine groups is 1. The lowest BCUT2D eigenvalue weighted by Gasteiger charge is -2.07. The molecule has 4 N–H and O–H groups in total. The number of nitrogens with zero attached hydrogens (tertiary/aromatic N) is 2. The summed E-state index contributed by atoms with van der Waals surface area (Å²) in [5, 5.41) is 20.4. The number of pyridine rings is 1. The summed E-state index contributed by atoms with van der Waals surface area (Å²) in [6.07, 6.45) is 1.47. The summed E-state index contributed by atoms with van der Waals surface area (Å²) in [5.74, 6) is 1.06. The summed E-state index contributed by atoms with van der Waals surface area (Å²) in [5.41, 5.74) is 6.53. The fourth-order valence-electron chi connectivity index (χ4n) is 1.49. The number of nitrogens with two attached hydrogens (primary N) is 1. The number of benzene rings is 1. The van der Waals surface area contributed by atoms with E-state index in [-0.39, 0.29) is 12.4 Å². The second-order valence-corrected chi connectivity index (χ2v) is 3.77. The molecule has 0 spiro atoms. The Kier molecular flexibility index (Phi) is 3.94. The molecule has 1 heterocycles. The normalized spacial score (nSPS) is 11.3. The van der Waals surface area contributed by atoms with E-state index in [1.807, 2.05) is 0 Å². The third kappa shape index (κ3) is 3.20. The molecule has 0 radical (unpaired) electrons. The van der Waals surface area contributed by atoms with Crippen LogP contribution in [0.4, 0.5) is 0 Å². The molecule has 0 saturated heterocycles. The fourth-order valence-corrected chi connectivity index (χ4v) is 1.49. The monoisotopic (exact) mass is 259 g/mol. The van der Waals surface area contributed by atoms with Crippen molar-refractivity contribution in [2.24, 2.45) is 10.9 Å². The van der Waals surface area contributed by atoms with Crippen LogP contribution in [-0.2, 0) is 6.61 Å². The highest BCUT2D eigenvalue weighted by atomic mass is 16.5. The molecule has 0 amide bonds. The van der Waals surface area contributed by atoms with E-state index in [1.54, 1.807) is 36.4 Å². The maximum Gasteiger partial charge on any atom is 0.188 e. The molecule has 19 heavy (non-hydrogen) atoms. The van der Waals surface area contributed by atoms with Crippen molar-refractivity contribution in [1.29, 1.82) is 0 Å². The van der Waals surface area contributed by atoms with Crippen molar-refractivity contribution < 1.29 is 15.1 Å². The van der Waals surface area contributed by atoms with Gasteiger partial charge in [0.1, 0.15) is 17.2 Å². The number of aromatic nitrogens is 1. The van der Waals surface area contributed by atoms with E-state index in [2.05, 4.69) is 10.1 Å². The van der Waals surface area contributed by atoms with Gasteiger partial charge in [0.25, 0.3) is 0 Å². The van der Waals surface area contributed by atoms with Crippen LogP contribution in [0.5, 0.6) is 11.5 Å². The predicted octanol–water partition coefficient (Wildman–Crippen LogP) is 1.46. The van der Waals surface area contributed by atoms with Crippen LogP contribution in [0.3, 0.4) is 0 Å². The second-order valence-electron chi connectivity index (χ2n) is 3.77. The smallest absolute Gasteiger partial charge is 0.188 e. The van der Waals surface area contributed by atoms with Crippen LogP contribution in [0.1, 0.15) is 11.3 Å². The van der Waals surface area contributed by atoms with Crippen LogP contribution < -0.4 is 10.5 Å². The number of rotatable bonds is 4. The third-order valence-corrected chi connectivity index (χ3v) is 2.42. The van der Waals surface area contributed by atoms with Crippen LogP contribution in [0.15, 0.2) is 47.8 Å². The lowest BCUT2D eigenvalue weighted by atomic mass is 10.2. The molecule has 1 aromatic carbocycles. The number of aliphatic hydroxyl groups is 1. The van der Waals surface area contributed by atoms with Crippen LogP contribution in [0.25, 0.3) is 0 Å². The molecule has 6 nitrogen and oxygen atoms in total. The van der Waals surface area contributed by atoms with Gasteiger partial charge in [-0.1, -0.05) is 17.3 Å². The van der Waals surface area contributed by atoms with E-state index in [4.69, 9.17) is 20.8 Å². The van der Waals surface area contributed by atoms with Gasteiger partial charge in [0, 0.05) is 0 Å². The summed E-state index contributed by atoms with van der Waals surface area (Å²) in [7, 11) is 0. The van der Waals surface area contributed by atoms with Gasteiger partial charge < -0.3 is 20.8 Å². The van der Waals surface area contributed by atoms with E-state index in [1.165, 1.54) is 6.20 Å². The molecular weight excluding hydrogens is 246 g/mol. The molecule has 0 aliphatic carbocycles. The van der Waals surface area contributed by atoms with E-state index >= 15 is 0 Å². The first-order valence-corrected chi connectivity index (χ1v) is 5.54. The zero-order chi connectivity index (χ0) is 13.7. The second kappa shape index (κ2) is 5.83. The van der Waals surface area contributed by atoms with Crippen molar-refractivity contribution in [3.05, 3.63) is 53.9 Å². The van der Waals surface area contributed by atoms with Gasteiger partial charge in [-0.05, 0) is 29.8 Å². The van der Waals surface area contributed by atoms with Gasteiger partial charge in [-0.15, -0.1) is 0 Å². The van der Waals surface area contributed by atoms with Crippen molar-refractivity contribution in [3.8, 4) is 11.5 Å². The molecule has 0 saturated carbocycles.